The van der Waals surface area contributed by atoms with Crippen molar-refractivity contribution in [2.75, 3.05) is 6.61 Å². The minimum Gasteiger partial charge on any atom is -0.394 e. The maximum Gasteiger partial charge on any atom is 0.231 e. The number of aromatic nitrogens is 1. The van der Waals surface area contributed by atoms with Gasteiger partial charge >= 0.3 is 0 Å². The second-order valence-electron chi connectivity index (χ2n) is 6.07. The third-order valence-corrected chi connectivity index (χ3v) is 4.22. The maximum atomic E-state index is 12.2. The first-order valence-corrected chi connectivity index (χ1v) is 7.99. The van der Waals surface area contributed by atoms with Crippen LogP contribution in [0.4, 0.5) is 0 Å². The fourth-order valence-electron chi connectivity index (χ4n) is 2.64. The first kappa shape index (κ1) is 23.2. The van der Waals surface area contributed by atoms with E-state index in [1.165, 1.54) is 0 Å². The quantitative estimate of drug-likeness (QED) is 0.236. The number of benzene rings is 1. The van der Waals surface area contributed by atoms with Gasteiger partial charge in [0.25, 0.3) is 0 Å². The van der Waals surface area contributed by atoms with E-state index in [-0.39, 0.29) is 18.8 Å². The standard InChI is InChI=1S/C17H22N2O7.ClH/c18-10(5-8-6-19-11-4-2-1-3-9(8)11)13(22)15(24)17(26)16(25)14(23)12(21)7-20;/h1-4,6,10,12,14,16-17,19-21,23,25-26H,5,7,18H2;1H/t10-,12+,14+,16-,17-;/m0./s1. The minimum atomic E-state index is -2.27. The van der Waals surface area contributed by atoms with Crippen molar-refractivity contribution in [3.05, 3.63) is 36.0 Å². The number of nitrogens with one attached hydrogen (secondary N) is 1. The van der Waals surface area contributed by atoms with E-state index in [0.717, 1.165) is 10.9 Å². The fraction of sp³-hybridized carbons (Fsp3) is 0.412. The van der Waals surface area contributed by atoms with Crippen molar-refractivity contribution in [1.82, 2.24) is 4.98 Å². The summed E-state index contributed by atoms with van der Waals surface area (Å²) < 4.78 is 0. The van der Waals surface area contributed by atoms with Crippen LogP contribution in [-0.2, 0) is 16.0 Å². The van der Waals surface area contributed by atoms with Crippen LogP contribution in [0.25, 0.3) is 10.9 Å². The van der Waals surface area contributed by atoms with E-state index >= 15 is 0 Å². The van der Waals surface area contributed by atoms with Crippen LogP contribution in [0.5, 0.6) is 0 Å². The highest BCUT2D eigenvalue weighted by atomic mass is 35.5. The monoisotopic (exact) mass is 402 g/mol. The predicted molar refractivity (Wildman–Crippen MR) is 98.4 cm³/mol. The van der Waals surface area contributed by atoms with E-state index in [1.54, 1.807) is 6.20 Å². The smallest absolute Gasteiger partial charge is 0.231 e. The second-order valence-corrected chi connectivity index (χ2v) is 6.07. The van der Waals surface area contributed by atoms with Crippen LogP contribution in [0.1, 0.15) is 5.56 Å². The highest BCUT2D eigenvalue weighted by Gasteiger charge is 2.38. The molecule has 0 aliphatic rings. The van der Waals surface area contributed by atoms with Gasteiger partial charge in [0, 0.05) is 17.1 Å². The van der Waals surface area contributed by atoms with Gasteiger partial charge in [0.05, 0.1) is 12.6 Å². The molecule has 8 N–H and O–H groups in total. The lowest BCUT2D eigenvalue weighted by molar-refractivity contribution is -0.154. The first-order chi connectivity index (χ1) is 12.3. The molecule has 0 aliphatic heterocycles. The molecule has 5 atom stereocenters. The van der Waals surface area contributed by atoms with Crippen LogP contribution in [0.15, 0.2) is 30.5 Å². The van der Waals surface area contributed by atoms with Crippen molar-refractivity contribution in [2.45, 2.75) is 36.9 Å². The number of carbonyl (C=O) groups is 2. The van der Waals surface area contributed by atoms with Crippen LogP contribution in [0.2, 0.25) is 0 Å². The van der Waals surface area contributed by atoms with Gasteiger partial charge in [-0.3, -0.25) is 9.59 Å². The molecule has 2 rings (SSSR count). The van der Waals surface area contributed by atoms with E-state index in [0.29, 0.717) is 5.56 Å². The molecule has 0 spiro atoms. The molecule has 2 aromatic rings. The van der Waals surface area contributed by atoms with E-state index in [1.807, 2.05) is 24.3 Å². The molecule has 0 saturated carbocycles. The lowest BCUT2D eigenvalue weighted by Gasteiger charge is -2.25. The SMILES string of the molecule is Cl.N[C@@H](Cc1c[nH]c2ccccc12)C(=O)C(=O)[C@H](O)[C@@H](O)[C@H](O)[C@H](O)CO. The summed E-state index contributed by atoms with van der Waals surface area (Å²) in [7, 11) is 0. The Hall–Kier alpha value is -1.85. The van der Waals surface area contributed by atoms with Gasteiger partial charge < -0.3 is 36.3 Å². The molecule has 0 amide bonds. The topological polar surface area (TPSA) is 177 Å². The molecule has 1 aromatic carbocycles. The Morgan fingerprint density at radius 2 is 1.67 bits per heavy atom. The maximum absolute atomic E-state index is 12.2. The van der Waals surface area contributed by atoms with Crippen LogP contribution < -0.4 is 5.73 Å². The zero-order valence-electron chi connectivity index (χ0n) is 14.2. The molecular weight excluding hydrogens is 380 g/mol. The average Bonchev–Trinajstić information content (AvgIpc) is 3.07. The van der Waals surface area contributed by atoms with Crippen LogP contribution in [0.3, 0.4) is 0 Å². The Bertz CT molecular complexity index is 781. The highest BCUT2D eigenvalue weighted by Crippen LogP contribution is 2.19. The van der Waals surface area contributed by atoms with Gasteiger partial charge in [0.1, 0.15) is 24.4 Å². The summed E-state index contributed by atoms with van der Waals surface area (Å²) in [5.74, 6) is -2.50. The molecule has 0 radical (unpaired) electrons. The van der Waals surface area contributed by atoms with Crippen LogP contribution in [0, 0.1) is 0 Å². The normalized spacial score (nSPS) is 16.8. The van der Waals surface area contributed by atoms with Gasteiger partial charge in [-0.15, -0.1) is 12.4 Å². The summed E-state index contributed by atoms with van der Waals surface area (Å²) in [6.07, 6.45) is -6.51. The van der Waals surface area contributed by atoms with Gasteiger partial charge in [0.2, 0.25) is 11.6 Å². The Morgan fingerprint density at radius 3 is 2.30 bits per heavy atom. The molecule has 27 heavy (non-hydrogen) atoms. The minimum absolute atomic E-state index is 0. The van der Waals surface area contributed by atoms with Crippen molar-refractivity contribution >= 4 is 34.9 Å². The number of nitrogens with two attached hydrogens (primary N) is 1. The van der Waals surface area contributed by atoms with Crippen molar-refractivity contribution < 1.29 is 35.1 Å². The molecule has 1 heterocycles. The molecule has 0 aliphatic carbocycles. The number of Topliss-reactive ketones (excluding diaryl/α,β-unsaturated/α-hetero) is 2. The number of hydrogen-bond acceptors (Lipinski definition) is 8. The van der Waals surface area contributed by atoms with Crippen molar-refractivity contribution in [1.29, 1.82) is 0 Å². The number of hydrogen-bond donors (Lipinski definition) is 7. The second kappa shape index (κ2) is 9.90. The molecule has 10 heteroatoms. The molecule has 1 aromatic heterocycles. The van der Waals surface area contributed by atoms with Gasteiger partial charge in [-0.1, -0.05) is 18.2 Å². The largest absolute Gasteiger partial charge is 0.394 e. The number of halogens is 1. The zero-order valence-corrected chi connectivity index (χ0v) is 15.0. The molecule has 0 unspecified atom stereocenters. The van der Waals surface area contributed by atoms with Crippen LogP contribution >= 0.6 is 12.4 Å². The number of aromatic amines is 1. The predicted octanol–water partition coefficient (Wildman–Crippen LogP) is -1.97. The van der Waals surface area contributed by atoms with E-state index in [4.69, 9.17) is 10.8 Å². The molecule has 150 valence electrons. The number of aliphatic hydroxyl groups is 5. The van der Waals surface area contributed by atoms with Gasteiger partial charge in [-0.05, 0) is 18.1 Å². The van der Waals surface area contributed by atoms with E-state index < -0.39 is 48.6 Å². The Balaban J connectivity index is 0.00000364. The zero-order chi connectivity index (χ0) is 19.4. The molecule has 0 bridgehead atoms. The number of aliphatic hydroxyl groups excluding tert-OH is 5. The summed E-state index contributed by atoms with van der Waals surface area (Å²) in [5.41, 5.74) is 7.32. The molecule has 0 fully saturated rings. The lowest BCUT2D eigenvalue weighted by atomic mass is 9.94. The van der Waals surface area contributed by atoms with Crippen LogP contribution in [-0.4, -0.2) is 79.1 Å². The molecule has 0 saturated heterocycles. The summed E-state index contributed by atoms with van der Waals surface area (Å²) in [5, 5.41) is 47.8. The third kappa shape index (κ3) is 5.11. The number of fused-ring (bicyclic) bond motifs is 1. The summed E-state index contributed by atoms with van der Waals surface area (Å²) in [6.45, 7) is -0.896. The van der Waals surface area contributed by atoms with Gasteiger partial charge in [-0.2, -0.15) is 0 Å². The number of H-pyrrole nitrogens is 1. The molecule has 9 nitrogen and oxygen atoms in total. The lowest BCUT2D eigenvalue weighted by Crippen LogP contribution is -2.52. The van der Waals surface area contributed by atoms with E-state index in [2.05, 4.69) is 4.98 Å². The van der Waals surface area contributed by atoms with E-state index in [9.17, 15) is 30.0 Å². The molecular formula is C17H23ClN2O7. The number of ketones is 2. The number of carbonyl (C=O) groups excluding carboxylic acids is 2. The Morgan fingerprint density at radius 1 is 1.04 bits per heavy atom. The first-order valence-electron chi connectivity index (χ1n) is 7.99. The average molecular weight is 403 g/mol. The number of rotatable bonds is 9. The highest BCUT2D eigenvalue weighted by molar-refractivity contribution is 6.40. The summed E-state index contributed by atoms with van der Waals surface area (Å²) in [6, 6.07) is 6.05. The third-order valence-electron chi connectivity index (χ3n) is 4.22. The summed E-state index contributed by atoms with van der Waals surface area (Å²) >= 11 is 0. The Kier molecular flexibility index (Phi) is 8.51. The fourth-order valence-corrected chi connectivity index (χ4v) is 2.64. The van der Waals surface area contributed by atoms with Gasteiger partial charge in [-0.25, -0.2) is 0 Å². The van der Waals surface area contributed by atoms with Crippen molar-refractivity contribution in [2.24, 2.45) is 5.73 Å². The van der Waals surface area contributed by atoms with Crippen molar-refractivity contribution in [3.8, 4) is 0 Å². The number of para-hydroxylation sites is 1. The van der Waals surface area contributed by atoms with Crippen molar-refractivity contribution in [3.63, 3.8) is 0 Å². The summed E-state index contributed by atoms with van der Waals surface area (Å²) in [4.78, 5) is 27.2. The Labute approximate surface area is 160 Å². The van der Waals surface area contributed by atoms with Gasteiger partial charge in [0.15, 0.2) is 0 Å².